The van der Waals surface area contributed by atoms with Crippen molar-refractivity contribution >= 4 is 39.2 Å². The zero-order valence-electron chi connectivity index (χ0n) is 30.1. The van der Waals surface area contributed by atoms with Crippen molar-refractivity contribution in [1.82, 2.24) is 30.0 Å². The van der Waals surface area contributed by atoms with Crippen LogP contribution in [0, 0.1) is 11.2 Å². The summed E-state index contributed by atoms with van der Waals surface area (Å²) in [7, 11) is 3.32. The number of pyridine rings is 1. The van der Waals surface area contributed by atoms with E-state index >= 15 is 4.39 Å². The second-order valence-corrected chi connectivity index (χ2v) is 16.4. The van der Waals surface area contributed by atoms with Gasteiger partial charge in [0.2, 0.25) is 5.88 Å². The van der Waals surface area contributed by atoms with Gasteiger partial charge in [0.25, 0.3) is 0 Å². The van der Waals surface area contributed by atoms with Crippen LogP contribution >= 0.6 is 11.6 Å². The number of halogens is 2. The van der Waals surface area contributed by atoms with Crippen molar-refractivity contribution in [3.63, 3.8) is 0 Å². The van der Waals surface area contributed by atoms with Crippen molar-refractivity contribution in [2.45, 2.75) is 94.4 Å². The Hall–Kier alpha value is -3.36. The maximum Gasteiger partial charge on any atom is 0.319 e. The van der Waals surface area contributed by atoms with Gasteiger partial charge in [0, 0.05) is 47.1 Å². The van der Waals surface area contributed by atoms with Crippen molar-refractivity contribution in [1.29, 1.82) is 0 Å². The quantitative estimate of drug-likeness (QED) is 0.209. The summed E-state index contributed by atoms with van der Waals surface area (Å²) in [5.74, 6) is 0.127. The van der Waals surface area contributed by atoms with Gasteiger partial charge in [-0.3, -0.25) is 10.00 Å². The number of aromatic nitrogens is 5. The number of rotatable bonds is 9. The number of β-amino-alcohol motifs (C(OH)–C–C–N with tert-alkyl or cyclic N) is 1. The van der Waals surface area contributed by atoms with E-state index in [0.29, 0.717) is 65.3 Å². The van der Waals surface area contributed by atoms with E-state index in [0.717, 1.165) is 75.3 Å². The second-order valence-electron chi connectivity index (χ2n) is 15.9. The lowest BCUT2D eigenvalue weighted by molar-refractivity contribution is -0.0845. The third kappa shape index (κ3) is 5.87. The van der Waals surface area contributed by atoms with Gasteiger partial charge in [-0.05, 0) is 82.4 Å². The zero-order valence-corrected chi connectivity index (χ0v) is 30.8. The van der Waals surface area contributed by atoms with Gasteiger partial charge in [-0.1, -0.05) is 18.0 Å². The molecule has 5 fully saturated rings. The van der Waals surface area contributed by atoms with Crippen LogP contribution in [0.4, 0.5) is 10.2 Å². The number of fused-ring (bicyclic) bond motifs is 3. The Morgan fingerprint density at radius 2 is 1.94 bits per heavy atom. The van der Waals surface area contributed by atoms with Crippen LogP contribution in [-0.2, 0) is 9.47 Å². The monoisotopic (exact) mass is 735 g/mol. The SMILES string of the molecule is COc1nc(-c2c(C3CC3)c(Cl)cc3[nH]ncc23)c(F)c2nc(OC[C@]34CCC[C@H]3N(C3CC(OC)C3)CCC4)nc(N3CCOC[C@@](C)(O)C3)c12. The fourth-order valence-corrected chi connectivity index (χ4v) is 9.94. The van der Waals surface area contributed by atoms with Gasteiger partial charge in [0.15, 0.2) is 5.82 Å². The molecule has 2 aliphatic heterocycles. The Morgan fingerprint density at radius 1 is 1.12 bits per heavy atom. The molecule has 14 heteroatoms. The lowest BCUT2D eigenvalue weighted by atomic mass is 9.73. The average molecular weight is 736 g/mol. The summed E-state index contributed by atoms with van der Waals surface area (Å²) in [5, 5.41) is 20.0. The molecule has 3 atom stereocenters. The van der Waals surface area contributed by atoms with E-state index in [1.807, 2.05) is 11.0 Å². The number of piperidine rings is 1. The van der Waals surface area contributed by atoms with Gasteiger partial charge in [-0.2, -0.15) is 15.1 Å². The van der Waals surface area contributed by atoms with E-state index in [-0.39, 0.29) is 47.6 Å². The molecule has 0 radical (unpaired) electrons. The van der Waals surface area contributed by atoms with Gasteiger partial charge in [0.1, 0.15) is 28.0 Å². The normalized spacial score (nSPS) is 29.7. The number of nitrogens with one attached hydrogen (secondary N) is 1. The van der Waals surface area contributed by atoms with Crippen LogP contribution in [0.1, 0.15) is 76.2 Å². The number of ether oxygens (including phenoxy) is 4. The number of aliphatic hydroxyl groups is 1. The second kappa shape index (κ2) is 13.2. The fraction of sp³-hybridized carbons (Fsp3) is 0.632. The molecular weight excluding hydrogens is 689 g/mol. The standard InChI is InChI=1S/C38H47ClFN7O5/c1-37(48)18-46(12-13-51-19-37)34-30-33(31(40)32(42-35(30)50-3)29-24-17-41-45-26(24)16-25(39)28(29)21-7-8-21)43-36(44-34)52-20-38-9-4-6-27(38)47(11-5-10-38)22-14-23(15-22)49-2/h16-17,21-23,27,48H,4-15,18-20H2,1-3H3,(H,41,45)/t22?,23?,27-,37+,38-/m1/s1. The van der Waals surface area contributed by atoms with Crippen LogP contribution in [0.3, 0.4) is 0 Å². The van der Waals surface area contributed by atoms with Crippen LogP contribution in [0.2, 0.25) is 5.02 Å². The lowest BCUT2D eigenvalue weighted by Crippen LogP contribution is -2.59. The van der Waals surface area contributed by atoms with E-state index < -0.39 is 11.4 Å². The van der Waals surface area contributed by atoms with Crippen LogP contribution < -0.4 is 14.4 Å². The molecule has 12 nitrogen and oxygen atoms in total. The van der Waals surface area contributed by atoms with E-state index in [9.17, 15) is 5.11 Å². The van der Waals surface area contributed by atoms with Gasteiger partial charge in [0.05, 0.1) is 51.3 Å². The summed E-state index contributed by atoms with van der Waals surface area (Å²) >= 11 is 6.88. The number of nitrogens with zero attached hydrogens (tertiary/aromatic N) is 6. The molecular formula is C38H47ClFN7O5. The molecule has 0 spiro atoms. The van der Waals surface area contributed by atoms with Crippen LogP contribution in [-0.4, -0.2) is 113 Å². The maximum atomic E-state index is 17.5. The molecule has 3 aliphatic carbocycles. The summed E-state index contributed by atoms with van der Waals surface area (Å²) in [5.41, 5.74) is 1.05. The molecule has 0 unspecified atom stereocenters. The molecule has 5 aliphatic rings. The first kappa shape index (κ1) is 34.4. The van der Waals surface area contributed by atoms with E-state index in [4.69, 9.17) is 45.5 Å². The van der Waals surface area contributed by atoms with E-state index in [1.54, 1.807) is 20.2 Å². The summed E-state index contributed by atoms with van der Waals surface area (Å²) in [6, 6.07) is 2.89. The van der Waals surface area contributed by atoms with E-state index in [1.165, 1.54) is 7.11 Å². The molecule has 3 aromatic heterocycles. The highest BCUT2D eigenvalue weighted by Crippen LogP contribution is 2.52. The highest BCUT2D eigenvalue weighted by atomic mass is 35.5. The minimum atomic E-state index is -1.17. The Bertz CT molecular complexity index is 2000. The number of aromatic amines is 1. The number of benzene rings is 1. The minimum absolute atomic E-state index is 0.0378. The highest BCUT2D eigenvalue weighted by molar-refractivity contribution is 6.33. The number of hydrogen-bond acceptors (Lipinski definition) is 11. The fourth-order valence-electron chi connectivity index (χ4n) is 9.58. The highest BCUT2D eigenvalue weighted by Gasteiger charge is 2.52. The van der Waals surface area contributed by atoms with Gasteiger partial charge < -0.3 is 29.0 Å². The molecule has 5 heterocycles. The van der Waals surface area contributed by atoms with Crippen molar-refractivity contribution in [3.05, 3.63) is 28.7 Å². The van der Waals surface area contributed by atoms with Crippen LogP contribution in [0.15, 0.2) is 12.3 Å². The molecule has 0 amide bonds. The van der Waals surface area contributed by atoms with Gasteiger partial charge >= 0.3 is 6.01 Å². The molecule has 4 aromatic rings. The molecule has 9 rings (SSSR count). The molecule has 3 saturated carbocycles. The molecule has 2 saturated heterocycles. The summed E-state index contributed by atoms with van der Waals surface area (Å²) in [6.45, 7) is 4.38. The first-order valence-corrected chi connectivity index (χ1v) is 19.1. The summed E-state index contributed by atoms with van der Waals surface area (Å²) in [6.07, 6.45) is 11.6. The molecule has 2 N–H and O–H groups in total. The third-order valence-corrected chi connectivity index (χ3v) is 12.6. The van der Waals surface area contributed by atoms with Crippen LogP contribution in [0.5, 0.6) is 11.9 Å². The molecule has 278 valence electrons. The number of likely N-dealkylation sites (tertiary alicyclic amines) is 1. The van der Waals surface area contributed by atoms with E-state index in [2.05, 4.69) is 15.1 Å². The first-order valence-electron chi connectivity index (χ1n) is 18.8. The molecule has 1 aromatic carbocycles. The maximum absolute atomic E-state index is 17.5. The van der Waals surface area contributed by atoms with Crippen LogP contribution in [0.25, 0.3) is 33.1 Å². The summed E-state index contributed by atoms with van der Waals surface area (Å²) < 4.78 is 41.4. The number of H-pyrrole nitrogens is 1. The largest absolute Gasteiger partial charge is 0.480 e. The lowest BCUT2D eigenvalue weighted by Gasteiger charge is -2.53. The zero-order chi connectivity index (χ0) is 35.8. The average Bonchev–Trinajstić information content (AvgIpc) is 3.73. The Balaban J connectivity index is 1.16. The first-order chi connectivity index (χ1) is 25.2. The number of hydrogen-bond donors (Lipinski definition) is 2. The van der Waals surface area contributed by atoms with Gasteiger partial charge in [-0.15, -0.1) is 0 Å². The third-order valence-electron chi connectivity index (χ3n) is 12.3. The Labute approximate surface area is 307 Å². The smallest absolute Gasteiger partial charge is 0.319 e. The minimum Gasteiger partial charge on any atom is -0.480 e. The van der Waals surface area contributed by atoms with Crippen molar-refractivity contribution < 1.29 is 28.4 Å². The number of methoxy groups -OCH3 is 2. The predicted molar refractivity (Wildman–Crippen MR) is 195 cm³/mol. The van der Waals surface area contributed by atoms with Crippen molar-refractivity contribution in [2.24, 2.45) is 5.41 Å². The summed E-state index contributed by atoms with van der Waals surface area (Å²) in [4.78, 5) is 19.2. The van der Waals surface area contributed by atoms with Crippen molar-refractivity contribution in [2.75, 3.05) is 58.6 Å². The number of anilines is 1. The Morgan fingerprint density at radius 3 is 2.73 bits per heavy atom. The molecule has 52 heavy (non-hydrogen) atoms. The predicted octanol–water partition coefficient (Wildman–Crippen LogP) is 6.03. The van der Waals surface area contributed by atoms with Crippen molar-refractivity contribution in [3.8, 4) is 23.1 Å². The van der Waals surface area contributed by atoms with Gasteiger partial charge in [-0.25, -0.2) is 9.37 Å². The Kier molecular flexibility index (Phi) is 8.73. The molecule has 0 bridgehead atoms. The topological polar surface area (TPSA) is 131 Å².